The molecule has 2 aromatic rings. The molecule has 2 aromatic heterocycles. The van der Waals surface area contributed by atoms with Gasteiger partial charge in [-0.2, -0.15) is 4.57 Å². The Morgan fingerprint density at radius 1 is 1.32 bits per heavy atom. The Kier molecular flexibility index (Phi) is 7.40. The van der Waals surface area contributed by atoms with Crippen molar-refractivity contribution in [3.05, 3.63) is 59.1 Å². The molecule has 0 bridgehead atoms. The summed E-state index contributed by atoms with van der Waals surface area (Å²) in [6.45, 7) is 4.38. The summed E-state index contributed by atoms with van der Waals surface area (Å²) < 4.78 is 2.02. The van der Waals surface area contributed by atoms with E-state index in [9.17, 15) is 10.1 Å². The first-order chi connectivity index (χ1) is 11.7. The molecule has 0 saturated carbocycles. The normalized spacial score (nSPS) is 9.84. The highest BCUT2D eigenvalue weighted by molar-refractivity contribution is 7.09. The molecule has 0 unspecified atom stereocenters. The summed E-state index contributed by atoms with van der Waals surface area (Å²) in [6, 6.07) is 0. The summed E-state index contributed by atoms with van der Waals surface area (Å²) in [5, 5.41) is 24.1. The van der Waals surface area contributed by atoms with E-state index in [0.717, 1.165) is 16.1 Å². The number of hydrogen-bond acceptors (Lipinski definition) is 10. The molecule has 0 aromatic carbocycles. The highest BCUT2D eigenvalue weighted by Gasteiger charge is 2.17. The molecule has 0 saturated heterocycles. The van der Waals surface area contributed by atoms with E-state index in [1.165, 1.54) is 11.3 Å². The van der Waals surface area contributed by atoms with Crippen LogP contribution in [0.5, 0.6) is 0 Å². The monoisotopic (exact) mass is 372 g/mol. The fourth-order valence-corrected chi connectivity index (χ4v) is 2.85. The average molecular weight is 372 g/mol. The maximum Gasteiger partial charge on any atom is 0.294 e. The number of aromatic nitrogens is 3. The first kappa shape index (κ1) is 20.0. The van der Waals surface area contributed by atoms with Gasteiger partial charge in [0.15, 0.2) is 12.2 Å². The van der Waals surface area contributed by atoms with Crippen LogP contribution in [0, 0.1) is 39.3 Å². The zero-order chi connectivity index (χ0) is 19.0. The number of nitrogens with two attached hydrogens (primary N) is 1. The van der Waals surface area contributed by atoms with Crippen LogP contribution in [0.3, 0.4) is 0 Å². The Balaban J connectivity index is 0.000000705. The lowest BCUT2D eigenvalue weighted by Crippen LogP contribution is -2.35. The van der Waals surface area contributed by atoms with Crippen LogP contribution in [0.1, 0.15) is 22.0 Å². The van der Waals surface area contributed by atoms with Gasteiger partial charge in [-0.3, -0.25) is 0 Å². The SMILES string of the molecule is Cc1ncc(C[n+]2csc(CCO[N+](=O)[O-])c2C)c(N)n1.O=[N+]([O-])[O-]. The predicted octanol–water partition coefficient (Wildman–Crippen LogP) is 0.585. The number of rotatable bonds is 6. The number of nitrogens with zero attached hydrogens (tertiary/aromatic N) is 5. The second-order valence-corrected chi connectivity index (χ2v) is 5.66. The first-order valence-corrected chi connectivity index (χ1v) is 7.72. The zero-order valence-corrected chi connectivity index (χ0v) is 14.3. The molecule has 0 aliphatic rings. The van der Waals surface area contributed by atoms with Gasteiger partial charge in [0.05, 0.1) is 15.5 Å². The number of aryl methyl sites for hydroxylation is 1. The van der Waals surface area contributed by atoms with Gasteiger partial charge in [0.2, 0.25) is 5.51 Å². The lowest BCUT2D eigenvalue weighted by Gasteiger charge is -2.02. The van der Waals surface area contributed by atoms with Crippen molar-refractivity contribution in [3.63, 3.8) is 0 Å². The summed E-state index contributed by atoms with van der Waals surface area (Å²) in [5.74, 6) is 1.11. The lowest BCUT2D eigenvalue weighted by molar-refractivity contribution is -0.757. The van der Waals surface area contributed by atoms with Crippen molar-refractivity contribution >= 4 is 17.2 Å². The van der Waals surface area contributed by atoms with Crippen molar-refractivity contribution < 1.29 is 19.6 Å². The Morgan fingerprint density at radius 2 is 1.96 bits per heavy atom. The van der Waals surface area contributed by atoms with Crippen LogP contribution in [0.25, 0.3) is 0 Å². The molecule has 0 fully saturated rings. The van der Waals surface area contributed by atoms with Crippen LogP contribution in [-0.4, -0.2) is 26.7 Å². The summed E-state index contributed by atoms with van der Waals surface area (Å²) in [5.41, 5.74) is 9.72. The van der Waals surface area contributed by atoms with E-state index in [2.05, 4.69) is 14.8 Å². The van der Waals surface area contributed by atoms with Gasteiger partial charge in [0.25, 0.3) is 5.09 Å². The predicted molar refractivity (Wildman–Crippen MR) is 86.5 cm³/mol. The highest BCUT2D eigenvalue weighted by atomic mass is 32.1. The number of thiazole rings is 1. The van der Waals surface area contributed by atoms with Gasteiger partial charge in [-0.25, -0.2) is 9.97 Å². The maximum absolute atomic E-state index is 10.1. The van der Waals surface area contributed by atoms with Crippen molar-refractivity contribution in [2.24, 2.45) is 0 Å². The third-order valence-corrected chi connectivity index (χ3v) is 4.19. The van der Waals surface area contributed by atoms with E-state index >= 15 is 0 Å². The molecule has 2 N–H and O–H groups in total. The molecule has 2 heterocycles. The molecule has 0 radical (unpaired) electrons. The van der Waals surface area contributed by atoms with E-state index in [1.807, 2.05) is 17.0 Å². The van der Waals surface area contributed by atoms with Crippen molar-refractivity contribution in [2.45, 2.75) is 26.8 Å². The van der Waals surface area contributed by atoms with Crippen molar-refractivity contribution in [2.75, 3.05) is 12.3 Å². The lowest BCUT2D eigenvalue weighted by atomic mass is 10.2. The Morgan fingerprint density at radius 3 is 2.52 bits per heavy atom. The molecule has 136 valence electrons. The molecule has 2 rings (SSSR count). The summed E-state index contributed by atoms with van der Waals surface area (Å²) in [6.07, 6.45) is 2.22. The third kappa shape index (κ3) is 6.90. The smallest absolute Gasteiger partial charge is 0.294 e. The zero-order valence-electron chi connectivity index (χ0n) is 13.4. The topological polar surface area (TPSA) is 174 Å². The van der Waals surface area contributed by atoms with Crippen LogP contribution in [0.4, 0.5) is 5.82 Å². The van der Waals surface area contributed by atoms with E-state index in [-0.39, 0.29) is 6.61 Å². The second-order valence-electron chi connectivity index (χ2n) is 4.72. The van der Waals surface area contributed by atoms with Crippen LogP contribution < -0.4 is 10.3 Å². The fraction of sp³-hybridized carbons (Fsp3) is 0.417. The summed E-state index contributed by atoms with van der Waals surface area (Å²) >= 11 is 1.53. The molecule has 25 heavy (non-hydrogen) atoms. The van der Waals surface area contributed by atoms with Crippen molar-refractivity contribution in [1.29, 1.82) is 0 Å². The molecule has 0 amide bonds. The molecule has 0 aliphatic carbocycles. The molecule has 12 nitrogen and oxygen atoms in total. The van der Waals surface area contributed by atoms with E-state index in [1.54, 1.807) is 13.1 Å². The van der Waals surface area contributed by atoms with Gasteiger partial charge in [-0.1, -0.05) is 11.3 Å². The molecule has 0 aliphatic heterocycles. The Labute approximate surface area is 145 Å². The quantitative estimate of drug-likeness (QED) is 0.432. The van der Waals surface area contributed by atoms with Crippen molar-refractivity contribution in [3.8, 4) is 0 Å². The minimum absolute atomic E-state index is 0.0597. The minimum Gasteiger partial charge on any atom is -0.383 e. The van der Waals surface area contributed by atoms with Gasteiger partial charge >= 0.3 is 0 Å². The maximum atomic E-state index is 10.1. The third-order valence-electron chi connectivity index (χ3n) is 3.04. The van der Waals surface area contributed by atoms with Crippen LogP contribution >= 0.6 is 11.3 Å². The number of anilines is 1. The Bertz CT molecular complexity index is 748. The second kappa shape index (κ2) is 9.27. The highest BCUT2D eigenvalue weighted by Crippen LogP contribution is 2.14. The number of nitrogen functional groups attached to an aromatic ring is 1. The first-order valence-electron chi connectivity index (χ1n) is 6.84. The average Bonchev–Trinajstić information content (AvgIpc) is 2.82. The molecular formula is C12H16N6O6S. The van der Waals surface area contributed by atoms with Gasteiger partial charge in [0, 0.05) is 19.5 Å². The van der Waals surface area contributed by atoms with Crippen molar-refractivity contribution in [1.82, 2.24) is 9.97 Å². The Hall–Kier alpha value is -3.09. The largest absolute Gasteiger partial charge is 0.383 e. The summed E-state index contributed by atoms with van der Waals surface area (Å²) in [4.78, 5) is 32.1. The van der Waals surface area contributed by atoms with E-state index in [4.69, 9.17) is 21.1 Å². The fourth-order valence-electron chi connectivity index (χ4n) is 1.88. The number of hydrogen-bond donors (Lipinski definition) is 1. The van der Waals surface area contributed by atoms with Crippen LogP contribution in [0.15, 0.2) is 11.7 Å². The standard InChI is InChI=1S/C12H16N5O3S.NO3/c1-8-11(3-4-20-17(18)19)21-7-16(8)6-10-5-14-9(2)15-12(10)13;2-1(3)4/h5,7H,3-4,6H2,1-2H3,(H2,13,14,15);/q+1;-1. The molecular weight excluding hydrogens is 356 g/mol. The summed E-state index contributed by atoms with van der Waals surface area (Å²) in [7, 11) is 0. The van der Waals surface area contributed by atoms with Gasteiger partial charge in [0.1, 0.15) is 18.2 Å². The van der Waals surface area contributed by atoms with E-state index < -0.39 is 10.2 Å². The molecule has 0 spiro atoms. The minimum atomic E-state index is -1.75. The van der Waals surface area contributed by atoms with Gasteiger partial charge in [-0.15, -0.1) is 10.1 Å². The van der Waals surface area contributed by atoms with Gasteiger partial charge < -0.3 is 25.9 Å². The van der Waals surface area contributed by atoms with Gasteiger partial charge in [-0.05, 0) is 6.92 Å². The molecule has 13 heteroatoms. The van der Waals surface area contributed by atoms with E-state index in [0.29, 0.717) is 24.6 Å². The van der Waals surface area contributed by atoms with Crippen LogP contribution in [0.2, 0.25) is 0 Å². The molecule has 0 atom stereocenters. The van der Waals surface area contributed by atoms with Crippen LogP contribution in [-0.2, 0) is 17.8 Å².